The van der Waals surface area contributed by atoms with E-state index in [0.29, 0.717) is 35.8 Å². The van der Waals surface area contributed by atoms with Crippen molar-refractivity contribution in [2.75, 3.05) is 24.5 Å². The molecule has 1 heterocycles. The molecule has 1 aliphatic rings. The molecule has 0 aliphatic carbocycles. The fourth-order valence-electron chi connectivity index (χ4n) is 4.33. The molecule has 0 bridgehead atoms. The second-order valence-electron chi connectivity index (χ2n) is 8.34. The highest BCUT2D eigenvalue weighted by Crippen LogP contribution is 2.28. The van der Waals surface area contributed by atoms with Gasteiger partial charge in [0.05, 0.1) is 11.6 Å². The number of hydrogen-bond acceptors (Lipinski definition) is 5. The van der Waals surface area contributed by atoms with Crippen LogP contribution in [0.4, 0.5) is 10.1 Å². The zero-order valence-electron chi connectivity index (χ0n) is 18.4. The first kappa shape index (κ1) is 22.9. The summed E-state index contributed by atoms with van der Waals surface area (Å²) in [4.78, 5) is 16.4. The van der Waals surface area contributed by atoms with Crippen LogP contribution in [0.1, 0.15) is 54.6 Å². The molecular formula is C25H31FN4O. The Morgan fingerprint density at radius 2 is 1.94 bits per heavy atom. The lowest BCUT2D eigenvalue weighted by Crippen LogP contribution is -2.47. The number of Topliss-reactive ketones (excluding diaryl/α,β-unsaturated/α-hetero) is 1. The zero-order valence-corrected chi connectivity index (χ0v) is 18.4. The first-order valence-corrected chi connectivity index (χ1v) is 10.9. The first-order chi connectivity index (χ1) is 14.9. The monoisotopic (exact) mass is 422 g/mol. The summed E-state index contributed by atoms with van der Waals surface area (Å²) in [6.45, 7) is 6.76. The van der Waals surface area contributed by atoms with Gasteiger partial charge in [0.1, 0.15) is 5.82 Å². The Balaban J connectivity index is 1.85. The van der Waals surface area contributed by atoms with Gasteiger partial charge >= 0.3 is 0 Å². The maximum atomic E-state index is 14.6. The highest BCUT2D eigenvalue weighted by molar-refractivity contribution is 5.94. The number of ketones is 1. The molecule has 3 rings (SSSR count). The summed E-state index contributed by atoms with van der Waals surface area (Å²) >= 11 is 0. The summed E-state index contributed by atoms with van der Waals surface area (Å²) in [5, 5.41) is 9.23. The van der Waals surface area contributed by atoms with Crippen LogP contribution in [-0.4, -0.2) is 42.4 Å². The normalized spacial score (nSPS) is 16.0. The zero-order chi connectivity index (χ0) is 22.4. The van der Waals surface area contributed by atoms with Crippen molar-refractivity contribution in [3.8, 4) is 6.07 Å². The number of nitrogens with two attached hydrogens (primary N) is 1. The predicted molar refractivity (Wildman–Crippen MR) is 121 cm³/mol. The van der Waals surface area contributed by atoms with Gasteiger partial charge < -0.3 is 15.5 Å². The highest BCUT2D eigenvalue weighted by atomic mass is 19.1. The second-order valence-corrected chi connectivity index (χ2v) is 8.34. The second kappa shape index (κ2) is 10.5. The molecule has 0 aromatic heterocycles. The molecule has 0 radical (unpaired) electrons. The van der Waals surface area contributed by atoms with E-state index in [-0.39, 0.29) is 17.6 Å². The van der Waals surface area contributed by atoms with E-state index in [0.717, 1.165) is 38.0 Å². The van der Waals surface area contributed by atoms with Crippen molar-refractivity contribution in [2.24, 2.45) is 5.73 Å². The minimum atomic E-state index is -0.307. The summed E-state index contributed by atoms with van der Waals surface area (Å²) < 4.78 is 14.6. The van der Waals surface area contributed by atoms with Gasteiger partial charge in [-0.2, -0.15) is 5.26 Å². The number of nitriles is 1. The van der Waals surface area contributed by atoms with Crippen molar-refractivity contribution >= 4 is 11.5 Å². The molecule has 2 aromatic carbocycles. The van der Waals surface area contributed by atoms with E-state index in [1.54, 1.807) is 13.0 Å². The molecule has 6 heteroatoms. The summed E-state index contributed by atoms with van der Waals surface area (Å²) in [5.41, 5.74) is 8.31. The minimum absolute atomic E-state index is 0.0214. The molecule has 0 spiro atoms. The SMILES string of the molecule is CC(=O)c1ccc(N(Cc2cc(C#N)ccc2F)C2CCN([C@H](C)CCN)CC2)cc1. The van der Waals surface area contributed by atoms with Crippen molar-refractivity contribution in [1.82, 2.24) is 4.90 Å². The number of piperidine rings is 1. The third kappa shape index (κ3) is 5.69. The smallest absolute Gasteiger partial charge is 0.159 e. The van der Waals surface area contributed by atoms with Gasteiger partial charge in [0.15, 0.2) is 5.78 Å². The van der Waals surface area contributed by atoms with E-state index >= 15 is 0 Å². The molecule has 0 saturated carbocycles. The van der Waals surface area contributed by atoms with Crippen LogP contribution >= 0.6 is 0 Å². The molecule has 5 nitrogen and oxygen atoms in total. The van der Waals surface area contributed by atoms with Crippen molar-refractivity contribution < 1.29 is 9.18 Å². The van der Waals surface area contributed by atoms with Crippen LogP contribution in [-0.2, 0) is 6.54 Å². The Bertz CT molecular complexity index is 930. The van der Waals surface area contributed by atoms with Gasteiger partial charge in [0, 0.05) is 48.5 Å². The predicted octanol–water partition coefficient (Wildman–Crippen LogP) is 4.11. The molecule has 1 saturated heterocycles. The summed E-state index contributed by atoms with van der Waals surface area (Å²) in [5.74, 6) is -0.286. The lowest BCUT2D eigenvalue weighted by Gasteiger charge is -2.42. The third-order valence-electron chi connectivity index (χ3n) is 6.27. The molecule has 1 aliphatic heterocycles. The van der Waals surface area contributed by atoms with Crippen LogP contribution in [0.25, 0.3) is 0 Å². The molecule has 1 fully saturated rings. The van der Waals surface area contributed by atoms with Crippen molar-refractivity contribution in [3.05, 3.63) is 65.0 Å². The third-order valence-corrected chi connectivity index (χ3v) is 6.27. The van der Waals surface area contributed by atoms with E-state index in [9.17, 15) is 14.4 Å². The summed E-state index contributed by atoms with van der Waals surface area (Å²) in [7, 11) is 0. The number of benzene rings is 2. The number of rotatable bonds is 8. The molecule has 2 N–H and O–H groups in total. The largest absolute Gasteiger partial charge is 0.364 e. The van der Waals surface area contributed by atoms with Gasteiger partial charge in [-0.1, -0.05) is 0 Å². The molecule has 1 atom stereocenters. The number of halogens is 1. The molecule has 0 amide bonds. The standard InChI is InChI=1S/C25H31FN4O/c1-18(9-12-27)29-13-10-24(11-14-29)30(23-6-4-21(5-7-23)19(2)31)17-22-15-20(16-28)3-8-25(22)26/h3-8,15,18,24H,9-14,17,27H2,1-2H3/t18-/m1/s1. The van der Waals surface area contributed by atoms with E-state index in [1.165, 1.54) is 12.1 Å². The van der Waals surface area contributed by atoms with Gasteiger partial charge in [-0.05, 0) is 82.1 Å². The van der Waals surface area contributed by atoms with Crippen LogP contribution in [0, 0.1) is 17.1 Å². The number of anilines is 1. The van der Waals surface area contributed by atoms with Crippen LogP contribution in [0.5, 0.6) is 0 Å². The average Bonchev–Trinajstić information content (AvgIpc) is 2.79. The van der Waals surface area contributed by atoms with Crippen LogP contribution < -0.4 is 10.6 Å². The van der Waals surface area contributed by atoms with E-state index in [4.69, 9.17) is 5.73 Å². The van der Waals surface area contributed by atoms with E-state index in [1.807, 2.05) is 24.3 Å². The molecule has 2 aromatic rings. The Hall–Kier alpha value is -2.75. The number of carbonyl (C=O) groups excluding carboxylic acids is 1. The van der Waals surface area contributed by atoms with Crippen molar-refractivity contribution in [2.45, 2.75) is 51.7 Å². The quantitative estimate of drug-likeness (QED) is 0.648. The lowest BCUT2D eigenvalue weighted by atomic mass is 9.98. The maximum Gasteiger partial charge on any atom is 0.159 e. The fourth-order valence-corrected chi connectivity index (χ4v) is 4.33. The van der Waals surface area contributed by atoms with E-state index < -0.39 is 0 Å². The van der Waals surface area contributed by atoms with Gasteiger partial charge in [-0.3, -0.25) is 4.79 Å². The average molecular weight is 423 g/mol. The molecule has 164 valence electrons. The van der Waals surface area contributed by atoms with Crippen molar-refractivity contribution in [3.63, 3.8) is 0 Å². The van der Waals surface area contributed by atoms with Crippen LogP contribution in [0.3, 0.4) is 0 Å². The number of likely N-dealkylation sites (tertiary alicyclic amines) is 1. The maximum absolute atomic E-state index is 14.6. The van der Waals surface area contributed by atoms with Gasteiger partial charge in [-0.15, -0.1) is 0 Å². The molecule has 0 unspecified atom stereocenters. The Kier molecular flexibility index (Phi) is 7.78. The lowest BCUT2D eigenvalue weighted by molar-refractivity contribution is 0.101. The van der Waals surface area contributed by atoms with Gasteiger partial charge in [0.25, 0.3) is 0 Å². The topological polar surface area (TPSA) is 73.4 Å². The molecule has 31 heavy (non-hydrogen) atoms. The number of carbonyl (C=O) groups is 1. The fraction of sp³-hybridized carbons (Fsp3) is 0.440. The van der Waals surface area contributed by atoms with E-state index in [2.05, 4.69) is 22.8 Å². The van der Waals surface area contributed by atoms with Crippen molar-refractivity contribution in [1.29, 1.82) is 5.26 Å². The van der Waals surface area contributed by atoms with Crippen LogP contribution in [0.2, 0.25) is 0 Å². The minimum Gasteiger partial charge on any atom is -0.364 e. The number of hydrogen-bond donors (Lipinski definition) is 1. The summed E-state index contributed by atoms with van der Waals surface area (Å²) in [6, 6.07) is 14.8. The highest BCUT2D eigenvalue weighted by Gasteiger charge is 2.27. The first-order valence-electron chi connectivity index (χ1n) is 10.9. The Morgan fingerprint density at radius 3 is 2.52 bits per heavy atom. The Morgan fingerprint density at radius 1 is 1.26 bits per heavy atom. The number of nitrogens with zero attached hydrogens (tertiary/aromatic N) is 3. The Labute approximate surface area is 184 Å². The summed E-state index contributed by atoms with van der Waals surface area (Å²) in [6.07, 6.45) is 2.90. The van der Waals surface area contributed by atoms with Gasteiger partial charge in [-0.25, -0.2) is 4.39 Å². The molecular weight excluding hydrogens is 391 g/mol. The van der Waals surface area contributed by atoms with Crippen LogP contribution in [0.15, 0.2) is 42.5 Å². The van der Waals surface area contributed by atoms with Gasteiger partial charge in [0.2, 0.25) is 0 Å².